The highest BCUT2D eigenvalue weighted by Crippen LogP contribution is 2.35. The summed E-state index contributed by atoms with van der Waals surface area (Å²) in [7, 11) is -3.66. The van der Waals surface area contributed by atoms with Crippen molar-refractivity contribution in [3.05, 3.63) is 59.0 Å². The first-order valence-corrected chi connectivity index (χ1v) is 12.3. The van der Waals surface area contributed by atoms with Gasteiger partial charge in [-0.1, -0.05) is 36.8 Å². The average molecular weight is 427 g/mol. The minimum absolute atomic E-state index is 0.247. The monoisotopic (exact) mass is 426 g/mol. The summed E-state index contributed by atoms with van der Waals surface area (Å²) in [5, 5.41) is 7.06. The SMILES string of the molecule is O=C(Nc1ccc2c3c(cccc13)CC2)C1CCCCN1S(=O)(=O)c1cccs1. The van der Waals surface area contributed by atoms with Crippen molar-refractivity contribution in [1.82, 2.24) is 4.31 Å². The van der Waals surface area contributed by atoms with E-state index < -0.39 is 16.1 Å². The van der Waals surface area contributed by atoms with Gasteiger partial charge in [-0.15, -0.1) is 11.3 Å². The van der Waals surface area contributed by atoms with Crippen molar-refractivity contribution in [2.24, 2.45) is 0 Å². The number of sulfonamides is 1. The Balaban J connectivity index is 1.47. The van der Waals surface area contributed by atoms with Crippen LogP contribution in [0.15, 0.2) is 52.1 Å². The fourth-order valence-electron chi connectivity index (χ4n) is 4.55. The first-order valence-electron chi connectivity index (χ1n) is 9.95. The van der Waals surface area contributed by atoms with E-state index in [1.54, 1.807) is 17.5 Å². The number of thiophene rings is 1. The normalized spacial score (nSPS) is 19.5. The van der Waals surface area contributed by atoms with Crippen molar-refractivity contribution in [2.75, 3.05) is 11.9 Å². The van der Waals surface area contributed by atoms with Crippen LogP contribution in [0.1, 0.15) is 30.4 Å². The highest BCUT2D eigenvalue weighted by molar-refractivity contribution is 7.91. The minimum atomic E-state index is -3.66. The molecule has 2 heterocycles. The molecule has 1 saturated heterocycles. The van der Waals surface area contributed by atoms with Crippen LogP contribution in [-0.2, 0) is 27.7 Å². The summed E-state index contributed by atoms with van der Waals surface area (Å²) in [5.74, 6) is -0.247. The van der Waals surface area contributed by atoms with Gasteiger partial charge < -0.3 is 5.32 Å². The van der Waals surface area contributed by atoms with Crippen LogP contribution in [0.3, 0.4) is 0 Å². The minimum Gasteiger partial charge on any atom is -0.324 e. The van der Waals surface area contributed by atoms with Crippen molar-refractivity contribution in [3.63, 3.8) is 0 Å². The number of carbonyl (C=O) groups excluding carboxylic acids is 1. The Bertz CT molecular complexity index is 1180. The molecule has 1 aromatic heterocycles. The first-order chi connectivity index (χ1) is 14.1. The maximum Gasteiger partial charge on any atom is 0.253 e. The molecule has 5 rings (SSSR count). The van der Waals surface area contributed by atoms with Gasteiger partial charge in [0.25, 0.3) is 10.0 Å². The summed E-state index contributed by atoms with van der Waals surface area (Å²) in [6.45, 7) is 0.377. The van der Waals surface area contributed by atoms with E-state index in [1.165, 1.54) is 32.2 Å². The van der Waals surface area contributed by atoms with E-state index in [-0.39, 0.29) is 5.91 Å². The fraction of sp³-hybridized carbons (Fsp3) is 0.318. The lowest BCUT2D eigenvalue weighted by Gasteiger charge is -2.33. The van der Waals surface area contributed by atoms with Gasteiger partial charge in [0.05, 0.1) is 0 Å². The number of aryl methyl sites for hydroxylation is 2. The topological polar surface area (TPSA) is 66.5 Å². The zero-order valence-corrected chi connectivity index (χ0v) is 17.6. The zero-order chi connectivity index (χ0) is 20.0. The number of nitrogens with zero attached hydrogens (tertiary/aromatic N) is 1. The first kappa shape index (κ1) is 18.8. The predicted octanol–water partition coefficient (Wildman–Crippen LogP) is 4.18. The van der Waals surface area contributed by atoms with E-state index in [9.17, 15) is 13.2 Å². The molecule has 3 aromatic rings. The van der Waals surface area contributed by atoms with Crippen LogP contribution in [0.2, 0.25) is 0 Å². The van der Waals surface area contributed by atoms with Gasteiger partial charge in [-0.3, -0.25) is 4.79 Å². The molecule has 1 N–H and O–H groups in total. The van der Waals surface area contributed by atoms with Crippen LogP contribution in [0.4, 0.5) is 5.69 Å². The van der Waals surface area contributed by atoms with Gasteiger partial charge in [-0.2, -0.15) is 4.31 Å². The maximum atomic E-state index is 13.2. The molecule has 2 aromatic carbocycles. The van der Waals surface area contributed by atoms with E-state index in [1.807, 2.05) is 18.2 Å². The molecule has 1 fully saturated rings. The number of carbonyl (C=O) groups is 1. The summed E-state index contributed by atoms with van der Waals surface area (Å²) in [6, 6.07) is 12.9. The molecule has 1 atom stereocenters. The summed E-state index contributed by atoms with van der Waals surface area (Å²) >= 11 is 1.19. The zero-order valence-electron chi connectivity index (χ0n) is 15.9. The Hall–Kier alpha value is -2.22. The molecule has 1 aliphatic heterocycles. The van der Waals surface area contributed by atoms with Gasteiger partial charge in [0.15, 0.2) is 0 Å². The van der Waals surface area contributed by atoms with E-state index in [4.69, 9.17) is 0 Å². The second-order valence-electron chi connectivity index (χ2n) is 7.66. The molecule has 1 amide bonds. The number of anilines is 1. The van der Waals surface area contributed by atoms with Gasteiger partial charge in [0.2, 0.25) is 5.91 Å². The quantitative estimate of drug-likeness (QED) is 0.681. The van der Waals surface area contributed by atoms with Crippen LogP contribution >= 0.6 is 11.3 Å². The number of rotatable bonds is 4. The third kappa shape index (κ3) is 3.17. The second kappa shape index (κ2) is 7.23. The summed E-state index contributed by atoms with van der Waals surface area (Å²) < 4.78 is 27.8. The number of amides is 1. The molecular weight excluding hydrogens is 404 g/mol. The van der Waals surface area contributed by atoms with Crippen LogP contribution < -0.4 is 5.32 Å². The number of nitrogens with one attached hydrogen (secondary N) is 1. The van der Waals surface area contributed by atoms with Gasteiger partial charge in [0.1, 0.15) is 10.3 Å². The second-order valence-corrected chi connectivity index (χ2v) is 10.7. The Labute approximate surface area is 174 Å². The van der Waals surface area contributed by atoms with Gasteiger partial charge >= 0.3 is 0 Å². The van der Waals surface area contributed by atoms with Crippen LogP contribution in [0.25, 0.3) is 10.8 Å². The predicted molar refractivity (Wildman–Crippen MR) is 116 cm³/mol. The highest BCUT2D eigenvalue weighted by Gasteiger charge is 2.38. The van der Waals surface area contributed by atoms with E-state index >= 15 is 0 Å². The third-order valence-electron chi connectivity index (χ3n) is 5.95. The number of hydrogen-bond donors (Lipinski definition) is 1. The van der Waals surface area contributed by atoms with Gasteiger partial charge in [0, 0.05) is 17.6 Å². The Morgan fingerprint density at radius 3 is 2.66 bits per heavy atom. The van der Waals surface area contributed by atoms with Gasteiger partial charge in [-0.05, 0) is 59.7 Å². The average Bonchev–Trinajstić information content (AvgIpc) is 3.42. The lowest BCUT2D eigenvalue weighted by Crippen LogP contribution is -2.49. The lowest BCUT2D eigenvalue weighted by molar-refractivity contribution is -0.120. The molecule has 1 aliphatic carbocycles. The summed E-state index contributed by atoms with van der Waals surface area (Å²) in [5.41, 5.74) is 3.39. The molecule has 1 unspecified atom stereocenters. The molecule has 0 saturated carbocycles. The summed E-state index contributed by atoms with van der Waals surface area (Å²) in [6.07, 6.45) is 4.21. The number of piperidine rings is 1. The van der Waals surface area contributed by atoms with Crippen LogP contribution in [-0.4, -0.2) is 31.2 Å². The Kier molecular flexibility index (Phi) is 4.69. The third-order valence-corrected chi connectivity index (χ3v) is 9.23. The molecule has 7 heteroatoms. The maximum absolute atomic E-state index is 13.2. The molecule has 0 spiro atoms. The van der Waals surface area contributed by atoms with Crippen molar-refractivity contribution >= 4 is 43.7 Å². The van der Waals surface area contributed by atoms with E-state index in [2.05, 4.69) is 17.4 Å². The molecule has 2 aliphatic rings. The van der Waals surface area contributed by atoms with Crippen LogP contribution in [0.5, 0.6) is 0 Å². The van der Waals surface area contributed by atoms with Crippen molar-refractivity contribution in [1.29, 1.82) is 0 Å². The van der Waals surface area contributed by atoms with E-state index in [0.717, 1.165) is 36.8 Å². The van der Waals surface area contributed by atoms with Crippen LogP contribution in [0, 0.1) is 0 Å². The van der Waals surface area contributed by atoms with Crippen molar-refractivity contribution in [3.8, 4) is 0 Å². The molecule has 0 bridgehead atoms. The fourth-order valence-corrected chi connectivity index (χ4v) is 7.33. The standard InChI is InChI=1S/C22H22N2O3S2/c25-22(19-7-1-2-13-24(19)29(26,27)20-8-4-14-28-20)23-18-12-11-16-10-9-15-5-3-6-17(18)21(15)16/h3-6,8,11-12,14,19H,1-2,7,9-10,13H2,(H,23,25). The van der Waals surface area contributed by atoms with Gasteiger partial charge in [-0.25, -0.2) is 8.42 Å². The van der Waals surface area contributed by atoms with Crippen molar-refractivity contribution < 1.29 is 13.2 Å². The smallest absolute Gasteiger partial charge is 0.253 e. The van der Waals surface area contributed by atoms with E-state index in [0.29, 0.717) is 17.2 Å². The molecule has 150 valence electrons. The lowest BCUT2D eigenvalue weighted by atomic mass is 10.0. The van der Waals surface area contributed by atoms with Crippen molar-refractivity contribution in [2.45, 2.75) is 42.4 Å². The molecular formula is C22H22N2O3S2. The number of benzene rings is 2. The molecule has 5 nitrogen and oxygen atoms in total. The molecule has 0 radical (unpaired) electrons. The summed E-state index contributed by atoms with van der Waals surface area (Å²) in [4.78, 5) is 13.2. The highest BCUT2D eigenvalue weighted by atomic mass is 32.2. The Morgan fingerprint density at radius 2 is 1.86 bits per heavy atom. The molecule has 29 heavy (non-hydrogen) atoms. The number of hydrogen-bond acceptors (Lipinski definition) is 4. The largest absolute Gasteiger partial charge is 0.324 e. The Morgan fingerprint density at radius 1 is 1.03 bits per heavy atom.